The van der Waals surface area contributed by atoms with Crippen LogP contribution in [0.5, 0.6) is 0 Å². The average molecular weight is 211 g/mol. The zero-order chi connectivity index (χ0) is 11.0. The molecule has 1 nitrogen and oxygen atoms in total. The first kappa shape index (κ1) is 10.6. The Kier molecular flexibility index (Phi) is 2.74. The SMILES string of the molecule is CNC(c1cccc(F)c1F)C1CC1C. The first-order valence-corrected chi connectivity index (χ1v) is 5.26. The van der Waals surface area contributed by atoms with Gasteiger partial charge in [-0.3, -0.25) is 0 Å². The maximum Gasteiger partial charge on any atom is 0.163 e. The number of hydrogen-bond acceptors (Lipinski definition) is 1. The summed E-state index contributed by atoms with van der Waals surface area (Å²) in [4.78, 5) is 0. The molecule has 1 saturated carbocycles. The highest BCUT2D eigenvalue weighted by Gasteiger charge is 2.40. The molecule has 0 spiro atoms. The standard InChI is InChI=1S/C12H15F2N/c1-7-6-9(7)12(15-2)8-4-3-5-10(13)11(8)14/h3-5,7,9,12,15H,6H2,1-2H3. The van der Waals surface area contributed by atoms with Crippen molar-refractivity contribution >= 4 is 0 Å². The summed E-state index contributed by atoms with van der Waals surface area (Å²) in [5.41, 5.74) is 0.451. The predicted molar refractivity (Wildman–Crippen MR) is 55.4 cm³/mol. The van der Waals surface area contributed by atoms with Crippen LogP contribution >= 0.6 is 0 Å². The van der Waals surface area contributed by atoms with Crippen LogP contribution in [0.25, 0.3) is 0 Å². The van der Waals surface area contributed by atoms with Crippen LogP contribution < -0.4 is 5.32 Å². The van der Waals surface area contributed by atoms with E-state index in [0.29, 0.717) is 17.4 Å². The maximum atomic E-state index is 13.5. The Bertz CT molecular complexity index is 365. The van der Waals surface area contributed by atoms with E-state index in [1.165, 1.54) is 0 Å². The van der Waals surface area contributed by atoms with Crippen molar-refractivity contribution in [2.45, 2.75) is 19.4 Å². The third kappa shape index (κ3) is 1.88. The van der Waals surface area contributed by atoms with Crippen LogP contribution in [0.2, 0.25) is 0 Å². The second kappa shape index (κ2) is 3.89. The molecule has 0 bridgehead atoms. The van der Waals surface area contributed by atoms with Gasteiger partial charge in [-0.15, -0.1) is 0 Å². The fraction of sp³-hybridized carbons (Fsp3) is 0.500. The van der Waals surface area contributed by atoms with E-state index in [9.17, 15) is 8.78 Å². The first-order valence-electron chi connectivity index (χ1n) is 5.26. The van der Waals surface area contributed by atoms with Gasteiger partial charge in [-0.1, -0.05) is 19.1 Å². The van der Waals surface area contributed by atoms with Crippen molar-refractivity contribution in [1.29, 1.82) is 0 Å². The second-order valence-electron chi connectivity index (χ2n) is 4.29. The molecule has 0 radical (unpaired) electrons. The van der Waals surface area contributed by atoms with E-state index in [2.05, 4.69) is 12.2 Å². The lowest BCUT2D eigenvalue weighted by atomic mass is 10.0. The van der Waals surface area contributed by atoms with Gasteiger partial charge in [0.1, 0.15) is 0 Å². The summed E-state index contributed by atoms with van der Waals surface area (Å²) in [7, 11) is 1.79. The molecular weight excluding hydrogens is 196 g/mol. The number of benzene rings is 1. The Morgan fingerprint density at radius 1 is 1.40 bits per heavy atom. The predicted octanol–water partition coefficient (Wildman–Crippen LogP) is 2.88. The maximum absolute atomic E-state index is 13.5. The van der Waals surface area contributed by atoms with E-state index in [1.807, 2.05) is 0 Å². The Balaban J connectivity index is 2.30. The molecule has 1 aliphatic carbocycles. The van der Waals surface area contributed by atoms with E-state index >= 15 is 0 Å². The molecule has 3 unspecified atom stereocenters. The topological polar surface area (TPSA) is 12.0 Å². The van der Waals surface area contributed by atoms with Crippen molar-refractivity contribution < 1.29 is 8.78 Å². The van der Waals surface area contributed by atoms with Gasteiger partial charge in [0.05, 0.1) is 0 Å². The highest BCUT2D eigenvalue weighted by Crippen LogP contribution is 2.47. The van der Waals surface area contributed by atoms with E-state index < -0.39 is 11.6 Å². The molecule has 1 fully saturated rings. The van der Waals surface area contributed by atoms with Gasteiger partial charge >= 0.3 is 0 Å². The van der Waals surface area contributed by atoms with Gasteiger partial charge in [0, 0.05) is 11.6 Å². The molecule has 0 aromatic heterocycles. The van der Waals surface area contributed by atoms with Crippen LogP contribution in [0.4, 0.5) is 8.78 Å². The molecule has 3 atom stereocenters. The number of halogens is 2. The van der Waals surface area contributed by atoms with Gasteiger partial charge < -0.3 is 5.32 Å². The van der Waals surface area contributed by atoms with Crippen molar-refractivity contribution in [2.75, 3.05) is 7.05 Å². The van der Waals surface area contributed by atoms with E-state index in [4.69, 9.17) is 0 Å². The van der Waals surface area contributed by atoms with E-state index in [-0.39, 0.29) is 6.04 Å². The summed E-state index contributed by atoms with van der Waals surface area (Å²) >= 11 is 0. The van der Waals surface area contributed by atoms with E-state index in [0.717, 1.165) is 12.5 Å². The molecule has 1 N–H and O–H groups in total. The minimum Gasteiger partial charge on any atom is -0.313 e. The highest BCUT2D eigenvalue weighted by atomic mass is 19.2. The summed E-state index contributed by atoms with van der Waals surface area (Å²) < 4.78 is 26.6. The zero-order valence-corrected chi connectivity index (χ0v) is 8.93. The van der Waals surface area contributed by atoms with Crippen molar-refractivity contribution in [3.05, 3.63) is 35.4 Å². The minimum absolute atomic E-state index is 0.0595. The smallest absolute Gasteiger partial charge is 0.163 e. The second-order valence-corrected chi connectivity index (χ2v) is 4.29. The van der Waals surface area contributed by atoms with Crippen LogP contribution in [0.1, 0.15) is 24.9 Å². The third-order valence-corrected chi connectivity index (χ3v) is 3.23. The molecule has 1 aliphatic rings. The fourth-order valence-electron chi connectivity index (χ4n) is 2.18. The molecule has 2 rings (SSSR count). The van der Waals surface area contributed by atoms with Gasteiger partial charge in [0.15, 0.2) is 11.6 Å². The summed E-state index contributed by atoms with van der Waals surface area (Å²) in [6.07, 6.45) is 1.08. The van der Waals surface area contributed by atoms with Gasteiger partial charge in [-0.2, -0.15) is 0 Å². The molecule has 0 aliphatic heterocycles. The van der Waals surface area contributed by atoms with Crippen LogP contribution in [0.3, 0.4) is 0 Å². The van der Waals surface area contributed by atoms with Crippen LogP contribution in [0.15, 0.2) is 18.2 Å². The van der Waals surface area contributed by atoms with E-state index in [1.54, 1.807) is 19.2 Å². The van der Waals surface area contributed by atoms with Crippen LogP contribution in [0, 0.1) is 23.5 Å². The molecule has 1 aromatic carbocycles. The third-order valence-electron chi connectivity index (χ3n) is 3.23. The lowest BCUT2D eigenvalue weighted by Gasteiger charge is -2.17. The van der Waals surface area contributed by atoms with Gasteiger partial charge in [0.25, 0.3) is 0 Å². The normalized spacial score (nSPS) is 26.4. The molecule has 0 heterocycles. The van der Waals surface area contributed by atoms with Gasteiger partial charge in [-0.25, -0.2) is 8.78 Å². The van der Waals surface area contributed by atoms with Crippen molar-refractivity contribution in [3.63, 3.8) is 0 Å². The van der Waals surface area contributed by atoms with Gasteiger partial charge in [-0.05, 0) is 31.4 Å². The van der Waals surface area contributed by atoms with Crippen molar-refractivity contribution in [2.24, 2.45) is 11.8 Å². The minimum atomic E-state index is -0.763. The Morgan fingerprint density at radius 3 is 2.60 bits per heavy atom. The average Bonchev–Trinajstić information content (AvgIpc) is 2.91. The molecule has 1 aromatic rings. The lowest BCUT2D eigenvalue weighted by molar-refractivity contribution is 0.445. The Hall–Kier alpha value is -0.960. The Morgan fingerprint density at radius 2 is 2.07 bits per heavy atom. The molecule has 0 amide bonds. The largest absolute Gasteiger partial charge is 0.313 e. The van der Waals surface area contributed by atoms with Crippen LogP contribution in [-0.4, -0.2) is 7.05 Å². The summed E-state index contributed by atoms with van der Waals surface area (Å²) in [5.74, 6) is -0.437. The fourth-order valence-corrected chi connectivity index (χ4v) is 2.18. The molecule has 0 saturated heterocycles. The highest BCUT2D eigenvalue weighted by molar-refractivity contribution is 5.24. The number of hydrogen-bond donors (Lipinski definition) is 1. The summed E-state index contributed by atoms with van der Waals surface area (Å²) in [5, 5.41) is 3.07. The Labute approximate surface area is 88.5 Å². The molecule has 82 valence electrons. The van der Waals surface area contributed by atoms with Crippen LogP contribution in [-0.2, 0) is 0 Å². The summed E-state index contributed by atoms with van der Waals surface area (Å²) in [6, 6.07) is 4.31. The molecule has 15 heavy (non-hydrogen) atoms. The van der Waals surface area contributed by atoms with Crippen molar-refractivity contribution in [3.8, 4) is 0 Å². The van der Waals surface area contributed by atoms with Gasteiger partial charge in [0.2, 0.25) is 0 Å². The molecular formula is C12H15F2N. The first-order chi connectivity index (χ1) is 7.15. The number of rotatable bonds is 3. The summed E-state index contributed by atoms with van der Waals surface area (Å²) in [6.45, 7) is 2.13. The molecule has 3 heteroatoms. The van der Waals surface area contributed by atoms with Crippen molar-refractivity contribution in [1.82, 2.24) is 5.32 Å². The quantitative estimate of drug-likeness (QED) is 0.810. The lowest BCUT2D eigenvalue weighted by Crippen LogP contribution is -2.20. The number of nitrogens with one attached hydrogen (secondary N) is 1. The zero-order valence-electron chi connectivity index (χ0n) is 8.93. The monoisotopic (exact) mass is 211 g/mol.